The summed E-state index contributed by atoms with van der Waals surface area (Å²) < 4.78 is 5.56. The van der Waals surface area contributed by atoms with Crippen LogP contribution in [0.5, 0.6) is 5.75 Å². The van der Waals surface area contributed by atoms with E-state index in [0.29, 0.717) is 36.1 Å². The van der Waals surface area contributed by atoms with Gasteiger partial charge in [-0.15, -0.1) is 0 Å². The molecular weight excluding hydrogens is 180 g/mol. The first-order chi connectivity index (χ1) is 6.81. The summed E-state index contributed by atoms with van der Waals surface area (Å²) in [6.45, 7) is 0.322. The molecule has 1 heterocycles. The van der Waals surface area contributed by atoms with Gasteiger partial charge in [0.05, 0.1) is 11.8 Å². The number of pyridine rings is 1. The predicted octanol–water partition coefficient (Wildman–Crippen LogP) is 0.894. The minimum atomic E-state index is 0.322. The molecule has 2 rings (SSSR count). The van der Waals surface area contributed by atoms with Crippen LogP contribution < -0.4 is 10.5 Å². The van der Waals surface area contributed by atoms with Gasteiger partial charge in [0.25, 0.3) is 0 Å². The average Bonchev–Trinajstić information content (AvgIpc) is 3.01. The lowest BCUT2D eigenvalue weighted by Gasteiger charge is -2.06. The van der Waals surface area contributed by atoms with Crippen molar-refractivity contribution < 1.29 is 9.53 Å². The molecule has 0 spiro atoms. The number of rotatable bonds is 4. The van der Waals surface area contributed by atoms with Gasteiger partial charge in [-0.2, -0.15) is 0 Å². The van der Waals surface area contributed by atoms with Gasteiger partial charge in [0.2, 0.25) is 0 Å². The highest BCUT2D eigenvalue weighted by Gasteiger charge is 2.23. The van der Waals surface area contributed by atoms with E-state index in [1.807, 2.05) is 0 Å². The summed E-state index contributed by atoms with van der Waals surface area (Å²) in [6.07, 6.45) is 3.22. The molecule has 0 unspecified atom stereocenters. The largest absolute Gasteiger partial charge is 0.490 e. The molecule has 1 aromatic rings. The van der Waals surface area contributed by atoms with Crippen molar-refractivity contribution in [1.29, 1.82) is 0 Å². The van der Waals surface area contributed by atoms with Crippen LogP contribution in [0.25, 0.3) is 0 Å². The van der Waals surface area contributed by atoms with E-state index in [0.717, 1.165) is 12.8 Å². The van der Waals surface area contributed by atoms with E-state index < -0.39 is 0 Å². The minimum Gasteiger partial charge on any atom is -0.490 e. The summed E-state index contributed by atoms with van der Waals surface area (Å²) in [5.41, 5.74) is 6.52. The molecule has 0 aromatic carbocycles. The van der Waals surface area contributed by atoms with E-state index in [1.54, 1.807) is 12.1 Å². The van der Waals surface area contributed by atoms with E-state index in [1.165, 1.54) is 0 Å². The fourth-order valence-corrected chi connectivity index (χ4v) is 1.19. The highest BCUT2D eigenvalue weighted by Crippen LogP contribution is 2.27. The highest BCUT2D eigenvalue weighted by atomic mass is 16.5. The molecule has 0 aliphatic heterocycles. The van der Waals surface area contributed by atoms with Crippen molar-refractivity contribution >= 4 is 6.29 Å². The van der Waals surface area contributed by atoms with E-state index in [9.17, 15) is 4.79 Å². The Bertz CT molecular complexity index is 348. The van der Waals surface area contributed by atoms with Gasteiger partial charge in [-0.3, -0.25) is 4.79 Å². The van der Waals surface area contributed by atoms with Gasteiger partial charge in [0, 0.05) is 18.7 Å². The SMILES string of the molecule is NCc1cc(OC2CC2)cc(C=O)n1. The first kappa shape index (κ1) is 9.15. The van der Waals surface area contributed by atoms with Crippen molar-refractivity contribution in [2.45, 2.75) is 25.5 Å². The molecule has 4 nitrogen and oxygen atoms in total. The number of hydrogen-bond acceptors (Lipinski definition) is 4. The van der Waals surface area contributed by atoms with E-state index in [4.69, 9.17) is 10.5 Å². The number of carbonyl (C=O) groups is 1. The monoisotopic (exact) mass is 192 g/mol. The summed E-state index contributed by atoms with van der Waals surface area (Å²) in [5, 5.41) is 0. The Kier molecular flexibility index (Phi) is 2.45. The predicted molar refractivity (Wildman–Crippen MR) is 51.2 cm³/mol. The van der Waals surface area contributed by atoms with Crippen LogP contribution in [0, 0.1) is 0 Å². The molecule has 1 aromatic heterocycles. The minimum absolute atomic E-state index is 0.322. The second kappa shape index (κ2) is 3.75. The van der Waals surface area contributed by atoms with Crippen molar-refractivity contribution in [3.63, 3.8) is 0 Å². The van der Waals surface area contributed by atoms with E-state index >= 15 is 0 Å². The lowest BCUT2D eigenvalue weighted by molar-refractivity contribution is 0.111. The molecule has 0 saturated heterocycles. The van der Waals surface area contributed by atoms with Crippen LogP contribution >= 0.6 is 0 Å². The third-order valence-electron chi connectivity index (χ3n) is 2.03. The molecule has 2 N–H and O–H groups in total. The zero-order chi connectivity index (χ0) is 9.97. The third kappa shape index (κ3) is 2.09. The molecule has 0 radical (unpaired) electrons. The molecule has 1 aliphatic rings. The normalized spacial score (nSPS) is 15.2. The maximum Gasteiger partial charge on any atom is 0.168 e. The van der Waals surface area contributed by atoms with Crippen molar-refractivity contribution in [2.24, 2.45) is 5.73 Å². The zero-order valence-electron chi connectivity index (χ0n) is 7.77. The maximum atomic E-state index is 10.6. The number of nitrogens with two attached hydrogens (primary N) is 1. The Morgan fingerprint density at radius 1 is 1.57 bits per heavy atom. The van der Waals surface area contributed by atoms with Crippen molar-refractivity contribution in [1.82, 2.24) is 4.98 Å². The Labute approximate surface area is 82.1 Å². The summed E-state index contributed by atoms with van der Waals surface area (Å²) in [5.74, 6) is 0.699. The molecule has 1 fully saturated rings. The second-order valence-corrected chi connectivity index (χ2v) is 3.36. The molecule has 0 bridgehead atoms. The fourth-order valence-electron chi connectivity index (χ4n) is 1.19. The van der Waals surface area contributed by atoms with Crippen LogP contribution in [0.15, 0.2) is 12.1 Å². The molecule has 0 amide bonds. The Morgan fingerprint density at radius 2 is 2.36 bits per heavy atom. The fraction of sp³-hybridized carbons (Fsp3) is 0.400. The van der Waals surface area contributed by atoms with E-state index in [2.05, 4.69) is 4.98 Å². The van der Waals surface area contributed by atoms with Gasteiger partial charge < -0.3 is 10.5 Å². The number of carbonyl (C=O) groups excluding carboxylic acids is 1. The second-order valence-electron chi connectivity index (χ2n) is 3.36. The highest BCUT2D eigenvalue weighted by molar-refractivity contribution is 5.72. The van der Waals surface area contributed by atoms with Gasteiger partial charge in [0.1, 0.15) is 11.4 Å². The quantitative estimate of drug-likeness (QED) is 0.719. The van der Waals surface area contributed by atoms with Crippen molar-refractivity contribution in [3.8, 4) is 5.75 Å². The van der Waals surface area contributed by atoms with Gasteiger partial charge in [-0.05, 0) is 12.8 Å². The van der Waals surface area contributed by atoms with Crippen LogP contribution in [0.1, 0.15) is 29.0 Å². The molecular formula is C10H12N2O2. The summed E-state index contributed by atoms with van der Waals surface area (Å²) in [7, 11) is 0. The van der Waals surface area contributed by atoms with E-state index in [-0.39, 0.29) is 0 Å². The molecule has 14 heavy (non-hydrogen) atoms. The van der Waals surface area contributed by atoms with Crippen LogP contribution in [0.3, 0.4) is 0 Å². The summed E-state index contributed by atoms with van der Waals surface area (Å²) in [4.78, 5) is 14.6. The lowest BCUT2D eigenvalue weighted by Crippen LogP contribution is -2.04. The third-order valence-corrected chi connectivity index (χ3v) is 2.03. The number of ether oxygens (including phenoxy) is 1. The Balaban J connectivity index is 2.23. The van der Waals surface area contributed by atoms with Crippen molar-refractivity contribution in [2.75, 3.05) is 0 Å². The molecule has 74 valence electrons. The number of hydrogen-bond donors (Lipinski definition) is 1. The first-order valence-corrected chi connectivity index (χ1v) is 4.64. The van der Waals surface area contributed by atoms with Crippen LogP contribution in [0.4, 0.5) is 0 Å². The average molecular weight is 192 g/mol. The molecule has 1 aliphatic carbocycles. The molecule has 4 heteroatoms. The molecule has 1 saturated carbocycles. The Hall–Kier alpha value is -1.42. The standard InChI is InChI=1S/C10H12N2O2/c11-5-7-3-10(14-9-1-2-9)4-8(6-13)12-7/h3-4,6,9H,1-2,5,11H2. The lowest BCUT2D eigenvalue weighted by atomic mass is 10.3. The number of nitrogens with zero attached hydrogens (tertiary/aromatic N) is 1. The van der Waals surface area contributed by atoms with Crippen LogP contribution in [-0.2, 0) is 6.54 Å². The number of aldehydes is 1. The topological polar surface area (TPSA) is 65.2 Å². The molecule has 0 atom stereocenters. The number of aromatic nitrogens is 1. The summed E-state index contributed by atoms with van der Waals surface area (Å²) in [6, 6.07) is 3.43. The van der Waals surface area contributed by atoms with Gasteiger partial charge in [-0.25, -0.2) is 4.98 Å². The Morgan fingerprint density at radius 3 is 2.93 bits per heavy atom. The maximum absolute atomic E-state index is 10.6. The van der Waals surface area contributed by atoms with Gasteiger partial charge in [0.15, 0.2) is 6.29 Å². The van der Waals surface area contributed by atoms with Gasteiger partial charge >= 0.3 is 0 Å². The zero-order valence-corrected chi connectivity index (χ0v) is 7.77. The van der Waals surface area contributed by atoms with Crippen molar-refractivity contribution in [3.05, 3.63) is 23.5 Å². The summed E-state index contributed by atoms with van der Waals surface area (Å²) >= 11 is 0. The first-order valence-electron chi connectivity index (χ1n) is 4.64. The van der Waals surface area contributed by atoms with Gasteiger partial charge in [-0.1, -0.05) is 0 Å². The van der Waals surface area contributed by atoms with Crippen LogP contribution in [-0.4, -0.2) is 17.4 Å². The van der Waals surface area contributed by atoms with Crippen LogP contribution in [0.2, 0.25) is 0 Å². The smallest absolute Gasteiger partial charge is 0.168 e.